The Bertz CT molecular complexity index is 774. The molecule has 0 spiro atoms. The van der Waals surface area contributed by atoms with Gasteiger partial charge < -0.3 is 19.9 Å². The van der Waals surface area contributed by atoms with Crippen LogP contribution in [0.4, 0.5) is 0 Å². The number of rotatable bonds is 8. The van der Waals surface area contributed by atoms with Crippen molar-refractivity contribution in [3.63, 3.8) is 0 Å². The lowest BCUT2D eigenvalue weighted by Gasteiger charge is -2.17. The Morgan fingerprint density at radius 2 is 1.92 bits per heavy atom. The number of likely N-dealkylation sites (N-methyl/N-ethyl adjacent to an activating group) is 1. The van der Waals surface area contributed by atoms with E-state index in [2.05, 4.69) is 15.2 Å². The Kier molecular flexibility index (Phi) is 6.42. The minimum atomic E-state index is -0.415. The van der Waals surface area contributed by atoms with E-state index in [0.29, 0.717) is 18.8 Å². The standard InChI is InChI=1S/C20H29N3O3/c1-14(24)21-8-9-23(5)10-11-26-16-6-7-17-15(12-16)13-18(22-17)19(25)20(2,3)4/h6-7,12-13,22H,8-11H2,1-5H3,(H,21,24). The van der Waals surface area contributed by atoms with Crippen molar-refractivity contribution >= 4 is 22.6 Å². The minimum absolute atomic E-state index is 0.0150. The molecule has 0 unspecified atom stereocenters. The van der Waals surface area contributed by atoms with Gasteiger partial charge in [0.1, 0.15) is 12.4 Å². The summed E-state index contributed by atoms with van der Waals surface area (Å²) >= 11 is 0. The fourth-order valence-electron chi connectivity index (χ4n) is 2.58. The molecule has 2 N–H and O–H groups in total. The summed E-state index contributed by atoms with van der Waals surface area (Å²) in [7, 11) is 1.99. The number of carbonyl (C=O) groups excluding carboxylic acids is 2. The van der Waals surface area contributed by atoms with Gasteiger partial charge in [-0.2, -0.15) is 0 Å². The molecule has 6 heteroatoms. The first-order valence-corrected chi connectivity index (χ1v) is 8.90. The van der Waals surface area contributed by atoms with Crippen molar-refractivity contribution in [2.45, 2.75) is 27.7 Å². The van der Waals surface area contributed by atoms with Crippen LogP contribution in [0.1, 0.15) is 38.2 Å². The Balaban J connectivity index is 1.91. The van der Waals surface area contributed by atoms with Crippen molar-refractivity contribution in [3.8, 4) is 5.75 Å². The topological polar surface area (TPSA) is 74.4 Å². The number of H-pyrrole nitrogens is 1. The highest BCUT2D eigenvalue weighted by atomic mass is 16.5. The summed E-state index contributed by atoms with van der Waals surface area (Å²) in [6.07, 6.45) is 0. The third-order valence-electron chi connectivity index (χ3n) is 4.13. The van der Waals surface area contributed by atoms with E-state index in [-0.39, 0.29) is 11.7 Å². The van der Waals surface area contributed by atoms with Crippen LogP contribution in [0.3, 0.4) is 0 Å². The fourth-order valence-corrected chi connectivity index (χ4v) is 2.58. The number of hydrogen-bond donors (Lipinski definition) is 2. The molecule has 0 aliphatic rings. The quantitative estimate of drug-likeness (QED) is 0.711. The molecule has 0 aliphatic heterocycles. The van der Waals surface area contributed by atoms with Crippen molar-refractivity contribution in [2.24, 2.45) is 5.41 Å². The first kappa shape index (κ1) is 20.0. The Morgan fingerprint density at radius 1 is 1.19 bits per heavy atom. The van der Waals surface area contributed by atoms with Crippen molar-refractivity contribution < 1.29 is 14.3 Å². The summed E-state index contributed by atoms with van der Waals surface area (Å²) in [6.45, 7) is 9.98. The normalized spacial score (nSPS) is 11.8. The van der Waals surface area contributed by atoms with Gasteiger partial charge in [0.15, 0.2) is 5.78 Å². The number of ketones is 1. The van der Waals surface area contributed by atoms with Gasteiger partial charge in [-0.05, 0) is 31.3 Å². The van der Waals surface area contributed by atoms with E-state index in [1.165, 1.54) is 6.92 Å². The van der Waals surface area contributed by atoms with Crippen molar-refractivity contribution in [2.75, 3.05) is 33.3 Å². The second-order valence-corrected chi connectivity index (χ2v) is 7.65. The second-order valence-electron chi connectivity index (χ2n) is 7.65. The maximum absolute atomic E-state index is 12.4. The number of amides is 1. The van der Waals surface area contributed by atoms with Crippen LogP contribution in [0.2, 0.25) is 0 Å². The smallest absolute Gasteiger partial charge is 0.216 e. The maximum atomic E-state index is 12.4. The minimum Gasteiger partial charge on any atom is -0.492 e. The zero-order chi connectivity index (χ0) is 19.3. The maximum Gasteiger partial charge on any atom is 0.216 e. The van der Waals surface area contributed by atoms with Gasteiger partial charge in [0, 0.05) is 42.9 Å². The number of Topliss-reactive ketones (excluding diaryl/α,β-unsaturated/α-hetero) is 1. The van der Waals surface area contributed by atoms with Crippen LogP contribution in [-0.4, -0.2) is 54.9 Å². The molecule has 0 saturated heterocycles. The summed E-state index contributed by atoms with van der Waals surface area (Å²) in [6, 6.07) is 7.67. The highest BCUT2D eigenvalue weighted by molar-refractivity contribution is 6.02. The number of aromatic nitrogens is 1. The third kappa shape index (κ3) is 5.59. The Labute approximate surface area is 154 Å². The Morgan fingerprint density at radius 3 is 2.58 bits per heavy atom. The van der Waals surface area contributed by atoms with E-state index >= 15 is 0 Å². The average Bonchev–Trinajstić information content (AvgIpc) is 2.96. The van der Waals surface area contributed by atoms with Crippen molar-refractivity contribution in [3.05, 3.63) is 30.0 Å². The number of hydrogen-bond acceptors (Lipinski definition) is 4. The van der Waals surface area contributed by atoms with Crippen LogP contribution in [0, 0.1) is 5.41 Å². The molecule has 0 radical (unpaired) electrons. The van der Waals surface area contributed by atoms with Gasteiger partial charge in [0.25, 0.3) is 0 Å². The predicted molar refractivity (Wildman–Crippen MR) is 104 cm³/mol. The zero-order valence-electron chi connectivity index (χ0n) is 16.3. The molecule has 2 rings (SSSR count). The number of ether oxygens (including phenoxy) is 1. The van der Waals surface area contributed by atoms with Crippen LogP contribution in [0.5, 0.6) is 5.75 Å². The first-order valence-electron chi connectivity index (χ1n) is 8.90. The molecule has 26 heavy (non-hydrogen) atoms. The molecule has 0 fully saturated rings. The molecular weight excluding hydrogens is 330 g/mol. The van der Waals surface area contributed by atoms with Gasteiger partial charge in [0.2, 0.25) is 5.91 Å². The lowest BCUT2D eigenvalue weighted by molar-refractivity contribution is -0.119. The Hall–Kier alpha value is -2.34. The number of aromatic amines is 1. The summed E-state index contributed by atoms with van der Waals surface area (Å²) in [5, 5.41) is 3.74. The summed E-state index contributed by atoms with van der Waals surface area (Å²) < 4.78 is 5.82. The molecule has 6 nitrogen and oxygen atoms in total. The number of benzene rings is 1. The average molecular weight is 359 g/mol. The van der Waals surface area contributed by atoms with E-state index in [1.54, 1.807) is 0 Å². The largest absolute Gasteiger partial charge is 0.492 e. The molecule has 1 heterocycles. The predicted octanol–water partition coefficient (Wildman–Crippen LogP) is 2.84. The summed E-state index contributed by atoms with van der Waals surface area (Å²) in [5.41, 5.74) is 1.14. The number of nitrogens with one attached hydrogen (secondary N) is 2. The van der Waals surface area contributed by atoms with Crippen LogP contribution in [0.15, 0.2) is 24.3 Å². The van der Waals surface area contributed by atoms with Gasteiger partial charge >= 0.3 is 0 Å². The van der Waals surface area contributed by atoms with Crippen LogP contribution in [0.25, 0.3) is 10.9 Å². The lowest BCUT2D eigenvalue weighted by Crippen LogP contribution is -2.33. The fraction of sp³-hybridized carbons (Fsp3) is 0.500. The SMILES string of the molecule is CC(=O)NCCN(C)CCOc1ccc2[nH]c(C(=O)C(C)(C)C)cc2c1. The van der Waals surface area contributed by atoms with Gasteiger partial charge in [-0.1, -0.05) is 20.8 Å². The molecule has 1 aromatic heterocycles. The zero-order valence-corrected chi connectivity index (χ0v) is 16.3. The monoisotopic (exact) mass is 359 g/mol. The van der Waals surface area contributed by atoms with Gasteiger partial charge in [-0.3, -0.25) is 9.59 Å². The highest BCUT2D eigenvalue weighted by Gasteiger charge is 2.24. The van der Waals surface area contributed by atoms with Gasteiger partial charge in [0.05, 0.1) is 5.69 Å². The molecule has 0 saturated carbocycles. The summed E-state index contributed by atoms with van der Waals surface area (Å²) in [5.74, 6) is 0.859. The van der Waals surface area contributed by atoms with E-state index in [4.69, 9.17) is 4.74 Å². The number of carbonyl (C=O) groups is 2. The molecule has 2 aromatic rings. The summed E-state index contributed by atoms with van der Waals surface area (Å²) in [4.78, 5) is 28.5. The van der Waals surface area contributed by atoms with Gasteiger partial charge in [-0.25, -0.2) is 0 Å². The lowest BCUT2D eigenvalue weighted by atomic mass is 9.89. The number of nitrogens with zero attached hydrogens (tertiary/aromatic N) is 1. The van der Waals surface area contributed by atoms with Crippen LogP contribution < -0.4 is 10.1 Å². The van der Waals surface area contributed by atoms with Crippen molar-refractivity contribution in [1.29, 1.82) is 0 Å². The van der Waals surface area contributed by atoms with E-state index in [1.807, 2.05) is 52.1 Å². The first-order chi connectivity index (χ1) is 12.2. The van der Waals surface area contributed by atoms with E-state index < -0.39 is 5.41 Å². The molecular formula is C20H29N3O3. The molecule has 1 amide bonds. The van der Waals surface area contributed by atoms with Crippen molar-refractivity contribution in [1.82, 2.24) is 15.2 Å². The highest BCUT2D eigenvalue weighted by Crippen LogP contribution is 2.26. The molecule has 142 valence electrons. The van der Waals surface area contributed by atoms with Crippen LogP contribution in [-0.2, 0) is 4.79 Å². The van der Waals surface area contributed by atoms with Gasteiger partial charge in [-0.15, -0.1) is 0 Å². The molecule has 0 aliphatic carbocycles. The van der Waals surface area contributed by atoms with Crippen LogP contribution >= 0.6 is 0 Å². The molecule has 0 atom stereocenters. The third-order valence-corrected chi connectivity index (χ3v) is 4.13. The second kappa shape index (κ2) is 8.36. The van der Waals surface area contributed by atoms with E-state index in [9.17, 15) is 9.59 Å². The van der Waals surface area contributed by atoms with E-state index in [0.717, 1.165) is 29.7 Å². The number of fused-ring (bicyclic) bond motifs is 1. The molecule has 0 bridgehead atoms. The molecule has 1 aromatic carbocycles.